The second-order valence-electron chi connectivity index (χ2n) is 3.60. The molecule has 0 saturated heterocycles. The Morgan fingerprint density at radius 3 is 2.87 bits per heavy atom. The molecule has 0 heterocycles. The van der Waals surface area contributed by atoms with Gasteiger partial charge in [0.2, 0.25) is 5.91 Å². The fourth-order valence-electron chi connectivity index (χ4n) is 1.55. The van der Waals surface area contributed by atoms with Gasteiger partial charge in [0.05, 0.1) is 25.1 Å². The van der Waals surface area contributed by atoms with E-state index >= 15 is 0 Å². The lowest BCUT2D eigenvalue weighted by molar-refractivity contribution is -0.124. The molecule has 1 rings (SSSR count). The first-order valence-electron chi connectivity index (χ1n) is 5.35. The molecule has 0 unspecified atom stereocenters. The molecule has 1 saturated carbocycles. The Hall–Kier alpha value is -1.12. The molecule has 5 heteroatoms. The summed E-state index contributed by atoms with van der Waals surface area (Å²) in [4.78, 5) is 16.4. The highest BCUT2D eigenvalue weighted by Crippen LogP contribution is 2.19. The van der Waals surface area contributed by atoms with Crippen molar-refractivity contribution in [2.24, 2.45) is 0 Å². The fraction of sp³-hybridized carbons (Fsp3) is 0.800. The van der Waals surface area contributed by atoms with E-state index in [1.54, 1.807) is 0 Å². The van der Waals surface area contributed by atoms with Crippen molar-refractivity contribution in [1.82, 2.24) is 10.8 Å². The van der Waals surface area contributed by atoms with Gasteiger partial charge in [-0.2, -0.15) is 10.7 Å². The van der Waals surface area contributed by atoms with Gasteiger partial charge in [-0.1, -0.05) is 12.8 Å². The molecular formula is C10H17N3O2. The van der Waals surface area contributed by atoms with Gasteiger partial charge >= 0.3 is 0 Å². The predicted molar refractivity (Wildman–Crippen MR) is 54.6 cm³/mol. The van der Waals surface area contributed by atoms with E-state index in [1.165, 1.54) is 12.8 Å². The molecule has 2 N–H and O–H groups in total. The van der Waals surface area contributed by atoms with Gasteiger partial charge in [-0.15, -0.1) is 0 Å². The number of hydrogen-bond acceptors (Lipinski definition) is 4. The van der Waals surface area contributed by atoms with Crippen LogP contribution in [0.15, 0.2) is 0 Å². The van der Waals surface area contributed by atoms with Gasteiger partial charge in [0.15, 0.2) is 0 Å². The number of carbonyl (C=O) groups excluding carboxylic acids is 1. The van der Waals surface area contributed by atoms with Gasteiger partial charge < -0.3 is 5.32 Å². The van der Waals surface area contributed by atoms with E-state index in [1.807, 2.05) is 6.07 Å². The molecule has 0 radical (unpaired) electrons. The third kappa shape index (κ3) is 5.35. The summed E-state index contributed by atoms with van der Waals surface area (Å²) < 4.78 is 0. The Labute approximate surface area is 89.7 Å². The van der Waals surface area contributed by atoms with Crippen LogP contribution in [0.3, 0.4) is 0 Å². The van der Waals surface area contributed by atoms with Crippen LogP contribution in [0, 0.1) is 11.3 Å². The highest BCUT2D eigenvalue weighted by molar-refractivity contribution is 5.77. The van der Waals surface area contributed by atoms with Crippen molar-refractivity contribution in [2.75, 3.05) is 13.1 Å². The van der Waals surface area contributed by atoms with Crippen molar-refractivity contribution >= 4 is 5.91 Å². The number of amides is 1. The lowest BCUT2D eigenvalue weighted by atomic mass is 10.3. The van der Waals surface area contributed by atoms with Crippen LogP contribution >= 0.6 is 0 Å². The molecule has 84 valence electrons. The summed E-state index contributed by atoms with van der Waals surface area (Å²) in [5.74, 6) is -0.136. The van der Waals surface area contributed by atoms with Crippen LogP contribution in [0.2, 0.25) is 0 Å². The summed E-state index contributed by atoms with van der Waals surface area (Å²) >= 11 is 0. The number of nitrogens with zero attached hydrogens (tertiary/aromatic N) is 1. The van der Waals surface area contributed by atoms with Crippen molar-refractivity contribution < 1.29 is 9.63 Å². The predicted octanol–water partition coefficient (Wildman–Crippen LogP) is 0.480. The van der Waals surface area contributed by atoms with E-state index in [0.29, 0.717) is 13.0 Å². The number of hydrogen-bond donors (Lipinski definition) is 2. The highest BCUT2D eigenvalue weighted by atomic mass is 16.7. The minimum absolute atomic E-state index is 0.136. The second-order valence-corrected chi connectivity index (χ2v) is 3.60. The van der Waals surface area contributed by atoms with E-state index in [2.05, 4.69) is 10.8 Å². The average Bonchev–Trinajstić information content (AvgIpc) is 2.71. The molecule has 1 amide bonds. The van der Waals surface area contributed by atoms with Gasteiger partial charge in [0, 0.05) is 6.54 Å². The molecule has 1 aliphatic rings. The van der Waals surface area contributed by atoms with Crippen LogP contribution in [0.1, 0.15) is 32.1 Å². The Morgan fingerprint density at radius 2 is 2.20 bits per heavy atom. The number of nitrogens with one attached hydrogen (secondary N) is 2. The van der Waals surface area contributed by atoms with Crippen molar-refractivity contribution in [3.63, 3.8) is 0 Å². The van der Waals surface area contributed by atoms with Crippen LogP contribution in [0.25, 0.3) is 0 Å². The van der Waals surface area contributed by atoms with E-state index < -0.39 is 0 Å². The molecule has 15 heavy (non-hydrogen) atoms. The molecule has 0 aromatic heterocycles. The summed E-state index contributed by atoms with van der Waals surface area (Å²) in [6.07, 6.45) is 5.17. The van der Waals surface area contributed by atoms with Crippen LogP contribution < -0.4 is 10.8 Å². The highest BCUT2D eigenvalue weighted by Gasteiger charge is 2.15. The van der Waals surface area contributed by atoms with Crippen molar-refractivity contribution in [3.05, 3.63) is 0 Å². The molecule has 0 spiro atoms. The maximum Gasteiger partial charge on any atom is 0.236 e. The molecule has 0 aromatic carbocycles. The summed E-state index contributed by atoms with van der Waals surface area (Å²) in [5, 5.41) is 10.9. The van der Waals surface area contributed by atoms with Crippen molar-refractivity contribution in [2.45, 2.75) is 38.2 Å². The van der Waals surface area contributed by atoms with Gasteiger partial charge in [-0.25, -0.2) is 0 Å². The lowest BCUT2D eigenvalue weighted by Gasteiger charge is -2.11. The summed E-state index contributed by atoms with van der Waals surface area (Å²) in [7, 11) is 0. The smallest absolute Gasteiger partial charge is 0.236 e. The number of carbonyl (C=O) groups is 1. The minimum Gasteiger partial charge on any atom is -0.354 e. The van der Waals surface area contributed by atoms with Crippen LogP contribution in [-0.2, 0) is 9.63 Å². The number of nitriles is 1. The number of hydroxylamine groups is 1. The fourth-order valence-corrected chi connectivity index (χ4v) is 1.55. The Morgan fingerprint density at radius 1 is 1.47 bits per heavy atom. The van der Waals surface area contributed by atoms with Gasteiger partial charge in [-0.3, -0.25) is 9.63 Å². The monoisotopic (exact) mass is 211 g/mol. The maximum atomic E-state index is 11.1. The largest absolute Gasteiger partial charge is 0.354 e. The second kappa shape index (κ2) is 7.21. The molecule has 1 fully saturated rings. The quantitative estimate of drug-likeness (QED) is 0.495. The van der Waals surface area contributed by atoms with Crippen molar-refractivity contribution in [3.8, 4) is 6.07 Å². The van der Waals surface area contributed by atoms with Gasteiger partial charge in [-0.05, 0) is 12.8 Å². The topological polar surface area (TPSA) is 74.2 Å². The minimum atomic E-state index is -0.136. The first kappa shape index (κ1) is 12.0. The van der Waals surface area contributed by atoms with E-state index in [0.717, 1.165) is 12.8 Å². The van der Waals surface area contributed by atoms with E-state index in [4.69, 9.17) is 10.1 Å². The third-order valence-corrected chi connectivity index (χ3v) is 2.34. The van der Waals surface area contributed by atoms with Gasteiger partial charge in [0.25, 0.3) is 0 Å². The summed E-state index contributed by atoms with van der Waals surface area (Å²) in [6.45, 7) is 0.558. The molecule has 0 aromatic rings. The molecule has 0 atom stereocenters. The Kier molecular flexibility index (Phi) is 5.74. The van der Waals surface area contributed by atoms with Crippen LogP contribution in [-0.4, -0.2) is 25.1 Å². The normalized spacial score (nSPS) is 16.2. The molecule has 1 aliphatic carbocycles. The summed E-state index contributed by atoms with van der Waals surface area (Å²) in [5.41, 5.74) is 2.66. The standard InChI is InChI=1S/C10H17N3O2/c11-6-3-7-12-10(14)8-13-15-9-4-1-2-5-9/h9,13H,1-5,7-8H2,(H,12,14). The molecular weight excluding hydrogens is 194 g/mol. The van der Waals surface area contributed by atoms with Crippen molar-refractivity contribution in [1.29, 1.82) is 5.26 Å². The molecule has 0 bridgehead atoms. The number of rotatable bonds is 6. The first-order chi connectivity index (χ1) is 7.33. The maximum absolute atomic E-state index is 11.1. The first-order valence-corrected chi connectivity index (χ1v) is 5.35. The zero-order valence-electron chi connectivity index (χ0n) is 8.79. The lowest BCUT2D eigenvalue weighted by Crippen LogP contribution is -2.35. The third-order valence-electron chi connectivity index (χ3n) is 2.34. The van der Waals surface area contributed by atoms with E-state index in [9.17, 15) is 4.79 Å². The molecule has 5 nitrogen and oxygen atoms in total. The summed E-state index contributed by atoms with van der Waals surface area (Å²) in [6, 6.07) is 1.96. The SMILES string of the molecule is N#CCCNC(=O)CNOC1CCCC1. The zero-order chi connectivity index (χ0) is 10.9. The van der Waals surface area contributed by atoms with Crippen LogP contribution in [0.5, 0.6) is 0 Å². The van der Waals surface area contributed by atoms with Crippen LogP contribution in [0.4, 0.5) is 0 Å². The average molecular weight is 211 g/mol. The molecule has 0 aliphatic heterocycles. The van der Waals surface area contributed by atoms with E-state index in [-0.39, 0.29) is 18.6 Å². The Balaban J connectivity index is 1.94. The van der Waals surface area contributed by atoms with Gasteiger partial charge in [0.1, 0.15) is 0 Å². The Bertz CT molecular complexity index is 231. The zero-order valence-corrected chi connectivity index (χ0v) is 8.79.